The first-order chi connectivity index (χ1) is 11.8. The molecule has 1 amide bonds. The van der Waals surface area contributed by atoms with Crippen molar-refractivity contribution >= 4 is 33.3 Å². The molecule has 5 aliphatic rings. The Balaban J connectivity index is 1.75. The molecule has 2 atom stereocenters. The summed E-state index contributed by atoms with van der Waals surface area (Å²) in [7, 11) is 1.89. The normalized spacial score (nSPS) is 44.1. The number of rotatable bonds is 1. The number of amides is 1. The lowest BCUT2D eigenvalue weighted by Gasteiger charge is -2.62. The SMILES string of the molecule is CCC12C[NH+]3CC(C)(C[NH+](C1)C31C(=O)N(C)c3ccc(Br)cc31)C2=O. The van der Waals surface area contributed by atoms with Gasteiger partial charge >= 0.3 is 11.6 Å². The van der Waals surface area contributed by atoms with E-state index in [0.717, 1.165) is 48.3 Å². The van der Waals surface area contributed by atoms with Crippen molar-refractivity contribution in [2.75, 3.05) is 38.1 Å². The fourth-order valence-electron chi connectivity index (χ4n) is 6.42. The van der Waals surface area contributed by atoms with E-state index in [1.54, 1.807) is 0 Å². The number of ketones is 1. The Morgan fingerprint density at radius 2 is 1.80 bits per heavy atom. The van der Waals surface area contributed by atoms with Crippen LogP contribution in [0.5, 0.6) is 0 Å². The molecule has 6 heteroatoms. The summed E-state index contributed by atoms with van der Waals surface area (Å²) >= 11 is 3.60. The van der Waals surface area contributed by atoms with Crippen LogP contribution in [0.25, 0.3) is 0 Å². The minimum Gasteiger partial charge on any atom is -0.303 e. The van der Waals surface area contributed by atoms with Crippen LogP contribution >= 0.6 is 15.9 Å². The molecule has 5 aliphatic heterocycles. The van der Waals surface area contributed by atoms with Crippen molar-refractivity contribution in [1.29, 1.82) is 0 Å². The second-order valence-corrected chi connectivity index (χ2v) is 9.63. The smallest absolute Gasteiger partial charge is 0.303 e. The van der Waals surface area contributed by atoms with Gasteiger partial charge in [0.2, 0.25) is 0 Å². The van der Waals surface area contributed by atoms with Crippen molar-refractivity contribution in [3.05, 3.63) is 28.2 Å². The van der Waals surface area contributed by atoms with Gasteiger partial charge in [-0.15, -0.1) is 0 Å². The van der Waals surface area contributed by atoms with Crippen molar-refractivity contribution in [3.63, 3.8) is 0 Å². The van der Waals surface area contributed by atoms with E-state index in [0.29, 0.717) is 5.78 Å². The van der Waals surface area contributed by atoms with Gasteiger partial charge in [-0.3, -0.25) is 19.4 Å². The summed E-state index contributed by atoms with van der Waals surface area (Å²) < 4.78 is 1.01. The van der Waals surface area contributed by atoms with Crippen molar-refractivity contribution in [3.8, 4) is 0 Å². The predicted octanol–water partition coefficient (Wildman–Crippen LogP) is -0.639. The number of benzene rings is 1. The summed E-state index contributed by atoms with van der Waals surface area (Å²) in [6, 6.07) is 6.17. The van der Waals surface area contributed by atoms with Gasteiger partial charge in [0, 0.05) is 11.5 Å². The highest BCUT2D eigenvalue weighted by Gasteiger charge is 2.79. The van der Waals surface area contributed by atoms with E-state index < -0.39 is 5.66 Å². The molecule has 0 aliphatic carbocycles. The zero-order chi connectivity index (χ0) is 17.8. The molecule has 0 radical (unpaired) electrons. The number of halogens is 1. The fourth-order valence-corrected chi connectivity index (χ4v) is 6.78. The Labute approximate surface area is 156 Å². The number of carbonyl (C=O) groups excluding carboxylic acids is 2. The maximum absolute atomic E-state index is 13.5. The lowest BCUT2D eigenvalue weighted by atomic mass is 9.58. The molecular weight excluding hydrogens is 382 g/mol. The van der Waals surface area contributed by atoms with Crippen molar-refractivity contribution in [2.24, 2.45) is 10.8 Å². The average Bonchev–Trinajstić information content (AvgIpc) is 2.77. The number of Topliss-reactive ketones (excluding diaryl/α,β-unsaturated/α-hetero) is 1. The van der Waals surface area contributed by atoms with Gasteiger partial charge in [0.1, 0.15) is 42.6 Å². The molecule has 4 bridgehead atoms. The van der Waals surface area contributed by atoms with E-state index in [4.69, 9.17) is 0 Å². The molecule has 4 saturated heterocycles. The van der Waals surface area contributed by atoms with E-state index in [1.165, 1.54) is 9.80 Å². The van der Waals surface area contributed by atoms with E-state index in [9.17, 15) is 9.59 Å². The number of likely N-dealkylation sites (N-methyl/N-ethyl adjacent to an activating group) is 1. The van der Waals surface area contributed by atoms with Crippen LogP contribution in [0.2, 0.25) is 0 Å². The zero-order valence-electron chi connectivity index (χ0n) is 14.9. The molecule has 0 saturated carbocycles. The Hall–Kier alpha value is -1.24. The molecule has 1 aromatic rings. The van der Waals surface area contributed by atoms with Crippen LogP contribution in [0.15, 0.2) is 22.7 Å². The summed E-state index contributed by atoms with van der Waals surface area (Å²) in [6.45, 7) is 7.36. The standard InChI is InChI=1S/C19H22BrN3O2/c1-4-18-10-22-8-17(2,15(18)24)9-23(11-18)19(22)13-7-12(20)5-6-14(13)21(3)16(19)25/h5-7H,4,8-11H2,1-3H3/p+2. The van der Waals surface area contributed by atoms with Crippen LogP contribution in [0.4, 0.5) is 5.69 Å². The molecule has 132 valence electrons. The number of hydrogen-bond acceptors (Lipinski definition) is 2. The molecule has 1 aromatic carbocycles. The van der Waals surface area contributed by atoms with Crippen molar-refractivity contribution < 1.29 is 19.4 Å². The third-order valence-electron chi connectivity index (χ3n) is 7.43. The molecule has 5 nitrogen and oxygen atoms in total. The van der Waals surface area contributed by atoms with Crippen molar-refractivity contribution in [1.82, 2.24) is 0 Å². The first-order valence-corrected chi connectivity index (χ1v) is 9.91. The van der Waals surface area contributed by atoms with Gasteiger partial charge in [-0.2, -0.15) is 0 Å². The van der Waals surface area contributed by atoms with Crippen LogP contribution in [0, 0.1) is 10.8 Å². The van der Waals surface area contributed by atoms with Gasteiger partial charge in [-0.05, 0) is 31.5 Å². The second kappa shape index (κ2) is 4.53. The van der Waals surface area contributed by atoms with E-state index in [2.05, 4.69) is 35.8 Å². The quantitative estimate of drug-likeness (QED) is 0.652. The van der Waals surface area contributed by atoms with Crippen LogP contribution in [0.1, 0.15) is 25.8 Å². The van der Waals surface area contributed by atoms with Gasteiger partial charge in [0.25, 0.3) is 0 Å². The highest BCUT2D eigenvalue weighted by atomic mass is 79.9. The first kappa shape index (κ1) is 16.0. The van der Waals surface area contributed by atoms with Gasteiger partial charge in [0.05, 0.1) is 5.69 Å². The Morgan fingerprint density at radius 1 is 1.16 bits per heavy atom. The number of hydrogen-bond donors (Lipinski definition) is 2. The summed E-state index contributed by atoms with van der Waals surface area (Å²) in [4.78, 5) is 31.1. The summed E-state index contributed by atoms with van der Waals surface area (Å²) in [5.41, 5.74) is 1.01. The third kappa shape index (κ3) is 1.58. The van der Waals surface area contributed by atoms with Crippen LogP contribution in [-0.4, -0.2) is 44.9 Å². The number of fused-ring (bicyclic) bond motifs is 1. The lowest BCUT2D eigenvalue weighted by Crippen LogP contribution is -3.48. The summed E-state index contributed by atoms with van der Waals surface area (Å²) in [6.07, 6.45) is 0.875. The molecule has 25 heavy (non-hydrogen) atoms. The van der Waals surface area contributed by atoms with Crippen LogP contribution < -0.4 is 14.7 Å². The second-order valence-electron chi connectivity index (χ2n) is 8.71. The average molecular weight is 406 g/mol. The molecule has 1 spiro atoms. The van der Waals surface area contributed by atoms with Gasteiger partial charge in [-0.25, -0.2) is 0 Å². The molecule has 6 rings (SSSR count). The summed E-state index contributed by atoms with van der Waals surface area (Å²) in [5, 5.41) is 0. The van der Waals surface area contributed by atoms with Gasteiger partial charge in [0.15, 0.2) is 5.78 Å². The van der Waals surface area contributed by atoms with E-state index in [-0.39, 0.29) is 16.7 Å². The van der Waals surface area contributed by atoms with E-state index in [1.807, 2.05) is 24.1 Å². The van der Waals surface area contributed by atoms with Gasteiger partial charge in [-0.1, -0.05) is 22.9 Å². The maximum Gasteiger partial charge on any atom is 0.353 e. The minimum absolute atomic E-state index is 0.187. The Bertz CT molecular complexity index is 820. The Morgan fingerprint density at radius 3 is 2.40 bits per heavy atom. The number of anilines is 1. The topological polar surface area (TPSA) is 46.3 Å². The number of quaternary nitrogens is 2. The van der Waals surface area contributed by atoms with Crippen LogP contribution in [0.3, 0.4) is 0 Å². The molecule has 0 aromatic heterocycles. The molecule has 4 fully saturated rings. The van der Waals surface area contributed by atoms with Crippen LogP contribution in [-0.2, 0) is 15.3 Å². The highest BCUT2D eigenvalue weighted by Crippen LogP contribution is 2.44. The fraction of sp³-hybridized carbons (Fsp3) is 0.579. The maximum atomic E-state index is 13.5. The highest BCUT2D eigenvalue weighted by molar-refractivity contribution is 9.10. The first-order valence-electron chi connectivity index (χ1n) is 9.12. The van der Waals surface area contributed by atoms with Gasteiger partial charge < -0.3 is 4.90 Å². The van der Waals surface area contributed by atoms with E-state index >= 15 is 0 Å². The lowest BCUT2D eigenvalue weighted by molar-refractivity contribution is -1.20. The number of carbonyl (C=O) groups is 2. The number of nitrogens with one attached hydrogen (secondary N) is 2. The largest absolute Gasteiger partial charge is 0.353 e. The van der Waals surface area contributed by atoms with Crippen molar-refractivity contribution in [2.45, 2.75) is 25.9 Å². The zero-order valence-corrected chi connectivity index (χ0v) is 16.5. The molecule has 5 heterocycles. The third-order valence-corrected chi connectivity index (χ3v) is 7.92. The predicted molar refractivity (Wildman–Crippen MR) is 96.5 cm³/mol. The number of nitrogens with zero attached hydrogens (tertiary/aromatic N) is 1. The molecule has 2 N–H and O–H groups in total. The Kier molecular flexibility index (Phi) is 2.90. The monoisotopic (exact) mass is 405 g/mol. The molecule has 2 unspecified atom stereocenters. The summed E-state index contributed by atoms with van der Waals surface area (Å²) in [5.74, 6) is 0.629. The minimum atomic E-state index is -0.577. The number of piperidine rings is 2. The molecular formula is C19H24BrN3O2+2.